The van der Waals surface area contributed by atoms with Gasteiger partial charge in [-0.05, 0) is 31.0 Å². The fraction of sp³-hybridized carbons (Fsp3) is 0.462. The molecular formula is C13H18ClNO2. The van der Waals surface area contributed by atoms with E-state index < -0.39 is 0 Å². The molecule has 0 unspecified atom stereocenters. The van der Waals surface area contributed by atoms with Crippen LogP contribution in [-0.2, 0) is 0 Å². The summed E-state index contributed by atoms with van der Waals surface area (Å²) in [5.74, 6) is 0.261. The SMILES string of the molecule is CCC(CC)(CCl)NC(=O)c1cccc(O)c1. The zero-order chi connectivity index (χ0) is 12.9. The summed E-state index contributed by atoms with van der Waals surface area (Å²) in [6.07, 6.45) is 1.55. The monoisotopic (exact) mass is 255 g/mol. The number of alkyl halides is 1. The van der Waals surface area contributed by atoms with Gasteiger partial charge in [0.1, 0.15) is 5.75 Å². The number of carbonyl (C=O) groups is 1. The van der Waals surface area contributed by atoms with E-state index in [1.54, 1.807) is 12.1 Å². The van der Waals surface area contributed by atoms with Crippen LogP contribution in [0, 0.1) is 0 Å². The first kappa shape index (κ1) is 13.8. The van der Waals surface area contributed by atoms with E-state index in [1.165, 1.54) is 12.1 Å². The number of hydrogen-bond acceptors (Lipinski definition) is 2. The van der Waals surface area contributed by atoms with Gasteiger partial charge in [0, 0.05) is 11.4 Å². The minimum atomic E-state index is -0.371. The topological polar surface area (TPSA) is 49.3 Å². The summed E-state index contributed by atoms with van der Waals surface area (Å²) in [5, 5.41) is 12.3. The minimum absolute atomic E-state index is 0.0853. The lowest BCUT2D eigenvalue weighted by Gasteiger charge is -2.30. The van der Waals surface area contributed by atoms with E-state index in [2.05, 4.69) is 5.32 Å². The van der Waals surface area contributed by atoms with Crippen LogP contribution in [0.5, 0.6) is 5.75 Å². The highest BCUT2D eigenvalue weighted by Crippen LogP contribution is 2.19. The van der Waals surface area contributed by atoms with Crippen molar-refractivity contribution in [2.45, 2.75) is 32.2 Å². The van der Waals surface area contributed by atoms with E-state index in [0.29, 0.717) is 11.4 Å². The number of rotatable bonds is 5. The molecule has 94 valence electrons. The Kier molecular flexibility index (Phi) is 4.82. The number of carbonyl (C=O) groups excluding carboxylic acids is 1. The van der Waals surface area contributed by atoms with Crippen molar-refractivity contribution in [3.63, 3.8) is 0 Å². The Morgan fingerprint density at radius 2 is 2.06 bits per heavy atom. The Balaban J connectivity index is 2.84. The minimum Gasteiger partial charge on any atom is -0.508 e. The standard InChI is InChI=1S/C13H18ClNO2/c1-3-13(4-2,9-14)15-12(17)10-6-5-7-11(16)8-10/h5-8,16H,3-4,9H2,1-2H3,(H,15,17). The Hall–Kier alpha value is -1.22. The van der Waals surface area contributed by atoms with Crippen LogP contribution in [0.15, 0.2) is 24.3 Å². The summed E-state index contributed by atoms with van der Waals surface area (Å²) < 4.78 is 0. The van der Waals surface area contributed by atoms with Crippen LogP contribution < -0.4 is 5.32 Å². The van der Waals surface area contributed by atoms with Gasteiger partial charge in [-0.15, -0.1) is 11.6 Å². The van der Waals surface area contributed by atoms with E-state index in [-0.39, 0.29) is 17.2 Å². The molecule has 0 heterocycles. The molecule has 0 aliphatic heterocycles. The molecule has 0 spiro atoms. The van der Waals surface area contributed by atoms with Gasteiger partial charge in [0.05, 0.1) is 5.54 Å². The molecule has 1 aromatic carbocycles. The summed E-state index contributed by atoms with van der Waals surface area (Å²) in [6, 6.07) is 6.29. The second-order valence-corrected chi connectivity index (χ2v) is 4.39. The van der Waals surface area contributed by atoms with E-state index >= 15 is 0 Å². The van der Waals surface area contributed by atoms with Gasteiger partial charge in [0.15, 0.2) is 0 Å². The van der Waals surface area contributed by atoms with Crippen molar-refractivity contribution >= 4 is 17.5 Å². The van der Waals surface area contributed by atoms with Crippen molar-refractivity contribution in [1.82, 2.24) is 5.32 Å². The van der Waals surface area contributed by atoms with Gasteiger partial charge in [-0.1, -0.05) is 19.9 Å². The third-order valence-corrected chi connectivity index (χ3v) is 3.61. The highest BCUT2D eigenvalue weighted by atomic mass is 35.5. The van der Waals surface area contributed by atoms with E-state index in [0.717, 1.165) is 12.8 Å². The fourth-order valence-corrected chi connectivity index (χ4v) is 2.05. The van der Waals surface area contributed by atoms with Crippen molar-refractivity contribution in [1.29, 1.82) is 0 Å². The molecule has 1 amide bonds. The van der Waals surface area contributed by atoms with Crippen molar-refractivity contribution in [2.75, 3.05) is 5.88 Å². The molecule has 0 fully saturated rings. The van der Waals surface area contributed by atoms with Gasteiger partial charge in [-0.25, -0.2) is 0 Å². The van der Waals surface area contributed by atoms with Gasteiger partial charge < -0.3 is 10.4 Å². The number of amides is 1. The summed E-state index contributed by atoms with van der Waals surface area (Å²) in [5.41, 5.74) is 0.0748. The van der Waals surface area contributed by atoms with Gasteiger partial charge in [0.2, 0.25) is 0 Å². The molecule has 0 aliphatic rings. The molecule has 17 heavy (non-hydrogen) atoms. The first-order chi connectivity index (χ1) is 8.06. The number of phenols is 1. The third-order valence-electron chi connectivity index (χ3n) is 3.10. The van der Waals surface area contributed by atoms with Crippen LogP contribution in [0.1, 0.15) is 37.0 Å². The second kappa shape index (κ2) is 5.92. The molecular weight excluding hydrogens is 238 g/mol. The van der Waals surface area contributed by atoms with E-state index in [4.69, 9.17) is 11.6 Å². The van der Waals surface area contributed by atoms with E-state index in [1.807, 2.05) is 13.8 Å². The lowest BCUT2D eigenvalue weighted by molar-refractivity contribution is 0.0902. The first-order valence-corrected chi connectivity index (χ1v) is 6.28. The zero-order valence-corrected chi connectivity index (χ0v) is 10.9. The van der Waals surface area contributed by atoms with Crippen LogP contribution in [0.3, 0.4) is 0 Å². The summed E-state index contributed by atoms with van der Waals surface area (Å²) in [6.45, 7) is 3.99. The van der Waals surface area contributed by atoms with Gasteiger partial charge in [0.25, 0.3) is 5.91 Å². The Labute approximate surface area is 107 Å². The molecule has 0 bridgehead atoms. The van der Waals surface area contributed by atoms with Crippen molar-refractivity contribution in [3.05, 3.63) is 29.8 Å². The second-order valence-electron chi connectivity index (χ2n) is 4.13. The van der Waals surface area contributed by atoms with Crippen LogP contribution >= 0.6 is 11.6 Å². The Morgan fingerprint density at radius 3 is 2.53 bits per heavy atom. The van der Waals surface area contributed by atoms with Crippen molar-refractivity contribution < 1.29 is 9.90 Å². The van der Waals surface area contributed by atoms with Crippen molar-refractivity contribution in [3.8, 4) is 5.75 Å². The summed E-state index contributed by atoms with van der Waals surface area (Å²) in [4.78, 5) is 12.0. The molecule has 1 aromatic rings. The number of phenolic OH excluding ortho intramolecular Hbond substituents is 1. The average molecular weight is 256 g/mol. The van der Waals surface area contributed by atoms with Gasteiger partial charge >= 0.3 is 0 Å². The molecule has 0 radical (unpaired) electrons. The smallest absolute Gasteiger partial charge is 0.251 e. The molecule has 1 rings (SSSR count). The van der Waals surface area contributed by atoms with Crippen LogP contribution in [0.25, 0.3) is 0 Å². The number of aromatic hydroxyl groups is 1. The zero-order valence-electron chi connectivity index (χ0n) is 10.2. The lowest BCUT2D eigenvalue weighted by atomic mass is 9.94. The molecule has 0 atom stereocenters. The Bertz CT molecular complexity index is 380. The highest BCUT2D eigenvalue weighted by Gasteiger charge is 2.27. The molecule has 3 nitrogen and oxygen atoms in total. The number of hydrogen-bond donors (Lipinski definition) is 2. The number of halogens is 1. The average Bonchev–Trinajstić information content (AvgIpc) is 2.36. The molecule has 0 saturated heterocycles. The highest BCUT2D eigenvalue weighted by molar-refractivity contribution is 6.19. The van der Waals surface area contributed by atoms with Crippen LogP contribution in [0.4, 0.5) is 0 Å². The maximum absolute atomic E-state index is 12.0. The van der Waals surface area contributed by atoms with E-state index in [9.17, 15) is 9.90 Å². The first-order valence-electron chi connectivity index (χ1n) is 5.74. The largest absolute Gasteiger partial charge is 0.508 e. The number of nitrogens with one attached hydrogen (secondary N) is 1. The van der Waals surface area contributed by atoms with Gasteiger partial charge in [-0.2, -0.15) is 0 Å². The predicted octanol–water partition coefficient (Wildman–Crippen LogP) is 2.92. The molecule has 0 saturated carbocycles. The quantitative estimate of drug-likeness (QED) is 0.795. The summed E-state index contributed by atoms with van der Waals surface area (Å²) in [7, 11) is 0. The summed E-state index contributed by atoms with van der Waals surface area (Å²) >= 11 is 5.92. The molecule has 4 heteroatoms. The van der Waals surface area contributed by atoms with Crippen molar-refractivity contribution in [2.24, 2.45) is 0 Å². The molecule has 0 aliphatic carbocycles. The van der Waals surface area contributed by atoms with Crippen LogP contribution in [-0.4, -0.2) is 22.4 Å². The molecule has 0 aromatic heterocycles. The fourth-order valence-electron chi connectivity index (χ4n) is 1.61. The van der Waals surface area contributed by atoms with Crippen LogP contribution in [0.2, 0.25) is 0 Å². The predicted molar refractivity (Wildman–Crippen MR) is 69.6 cm³/mol. The lowest BCUT2D eigenvalue weighted by Crippen LogP contribution is -2.49. The third kappa shape index (κ3) is 3.37. The maximum atomic E-state index is 12.0. The maximum Gasteiger partial charge on any atom is 0.251 e. The number of benzene rings is 1. The Morgan fingerprint density at radius 1 is 1.41 bits per heavy atom. The molecule has 2 N–H and O–H groups in total. The van der Waals surface area contributed by atoms with Gasteiger partial charge in [-0.3, -0.25) is 4.79 Å². The normalized spacial score (nSPS) is 11.2.